The fourth-order valence-corrected chi connectivity index (χ4v) is 13.8. The van der Waals surface area contributed by atoms with Gasteiger partial charge in [0.2, 0.25) is 47.3 Å². The maximum absolute atomic E-state index is 15.8. The van der Waals surface area contributed by atoms with Crippen molar-refractivity contribution in [3.63, 3.8) is 0 Å². The Kier molecular flexibility index (Phi) is 28.1. The van der Waals surface area contributed by atoms with Crippen LogP contribution in [0.15, 0.2) is 152 Å². The summed E-state index contributed by atoms with van der Waals surface area (Å²) in [5.41, 5.74) is 29.6. The number of nitrogens with one attached hydrogen (secondary N) is 19. The minimum atomic E-state index is -1.54. The summed E-state index contributed by atoms with van der Waals surface area (Å²) in [6.07, 6.45) is 8.64. The molecule has 0 bridgehead atoms. The predicted molar refractivity (Wildman–Crippen MR) is 428 cm³/mol. The van der Waals surface area contributed by atoms with E-state index in [-0.39, 0.29) is 102 Å². The van der Waals surface area contributed by atoms with Crippen molar-refractivity contribution in [2.75, 3.05) is 19.6 Å². The van der Waals surface area contributed by atoms with Crippen LogP contribution in [0.1, 0.15) is 86.6 Å². The fraction of sp³-hybridized carbons (Fsp3) is 0.342. The highest BCUT2D eigenvalue weighted by Gasteiger charge is 2.38. The second-order valence-corrected chi connectivity index (χ2v) is 28.0. The van der Waals surface area contributed by atoms with Gasteiger partial charge in [-0.2, -0.15) is 0 Å². The van der Waals surface area contributed by atoms with Gasteiger partial charge in [-0.3, -0.25) is 54.6 Å². The highest BCUT2D eigenvalue weighted by Crippen LogP contribution is 2.26. The van der Waals surface area contributed by atoms with Crippen LogP contribution < -0.4 is 81.4 Å². The number of aromatic nitrogens is 5. The Bertz CT molecular complexity index is 5020. The number of aliphatic carboxylic acids is 1. The highest BCUT2D eigenvalue weighted by atomic mass is 16.4. The maximum Gasteiger partial charge on any atom is 0.326 e. The number of fused-ring (bicyclic) bond motifs is 5. The minimum Gasteiger partial charge on any atom is -0.480 e. The molecule has 5 aromatic heterocycles. The summed E-state index contributed by atoms with van der Waals surface area (Å²) in [4.78, 5) is 150. The van der Waals surface area contributed by atoms with E-state index in [1.165, 1.54) is 0 Å². The molecule has 0 unspecified atom stereocenters. The number of aromatic amines is 5. The number of guanidine groups is 3. The first kappa shape index (κ1) is 81.3. The molecule has 0 saturated heterocycles. The second-order valence-electron chi connectivity index (χ2n) is 28.0. The zero-order valence-electron chi connectivity index (χ0n) is 62.2. The van der Waals surface area contributed by atoms with Crippen molar-refractivity contribution < 1.29 is 48.3 Å². The molecule has 5 heterocycles. The lowest BCUT2D eigenvalue weighted by molar-refractivity contribution is -0.142. The lowest BCUT2D eigenvalue weighted by Gasteiger charge is -2.30. The monoisotopic (exact) mass is 1530 g/mol. The van der Waals surface area contributed by atoms with Crippen LogP contribution in [0.25, 0.3) is 54.5 Å². The number of carboxylic acid groups (broad SMARTS) is 1. The zero-order chi connectivity index (χ0) is 80.0. The minimum absolute atomic E-state index is 0.00751. The molecule has 28 N–H and O–H groups in total. The van der Waals surface area contributed by atoms with E-state index in [9.17, 15) is 24.3 Å². The molecule has 0 fully saturated rings. The van der Waals surface area contributed by atoms with Crippen LogP contribution in [0.4, 0.5) is 0 Å². The van der Waals surface area contributed by atoms with Crippen molar-refractivity contribution in [2.24, 2.45) is 28.9 Å². The molecule has 10 aromatic rings. The van der Waals surface area contributed by atoms with Gasteiger partial charge in [0, 0.05) is 137 Å². The van der Waals surface area contributed by atoms with Gasteiger partial charge >= 0.3 is 5.97 Å². The van der Waals surface area contributed by atoms with Crippen LogP contribution in [0.2, 0.25) is 0 Å². The largest absolute Gasteiger partial charge is 0.480 e. The van der Waals surface area contributed by atoms with Crippen LogP contribution in [-0.4, -0.2) is 175 Å². The number of H-pyrrole nitrogens is 5. The average Bonchev–Trinajstić information content (AvgIpc) is 1.62. The van der Waals surface area contributed by atoms with Crippen molar-refractivity contribution in [2.45, 2.75) is 145 Å². The molecule has 33 heteroatoms. The van der Waals surface area contributed by atoms with E-state index in [2.05, 4.69) is 83.4 Å². The number of carboxylic acids is 1. The Morgan fingerprint density at radius 1 is 0.357 bits per heavy atom. The molecule has 0 aliphatic heterocycles. The molecule has 0 radical (unpaired) electrons. The number of hydrogen-bond donors (Lipinski definition) is 24. The molecule has 590 valence electrons. The third-order valence-electron chi connectivity index (χ3n) is 20.0. The van der Waals surface area contributed by atoms with Crippen molar-refractivity contribution in [3.8, 4) is 0 Å². The van der Waals surface area contributed by atoms with Gasteiger partial charge in [-0.15, -0.1) is 0 Å². The second kappa shape index (κ2) is 38.7. The summed E-state index contributed by atoms with van der Waals surface area (Å²) in [5.74, 6) is -9.41. The summed E-state index contributed by atoms with van der Waals surface area (Å²) < 4.78 is 0. The van der Waals surface area contributed by atoms with Crippen molar-refractivity contribution >= 4 is 126 Å². The summed E-state index contributed by atoms with van der Waals surface area (Å²) in [7, 11) is 0. The van der Waals surface area contributed by atoms with Crippen LogP contribution in [0, 0.1) is 22.1 Å². The third-order valence-corrected chi connectivity index (χ3v) is 20.0. The Labute approximate surface area is 644 Å². The first-order chi connectivity index (χ1) is 53.9. The van der Waals surface area contributed by atoms with Crippen molar-refractivity contribution in [1.29, 1.82) is 16.2 Å². The van der Waals surface area contributed by atoms with Gasteiger partial charge in [0.1, 0.15) is 48.3 Å². The van der Waals surface area contributed by atoms with E-state index >= 15 is 24.0 Å². The van der Waals surface area contributed by atoms with Gasteiger partial charge in [0.05, 0.1) is 6.04 Å². The Morgan fingerprint density at radius 3 is 0.911 bits per heavy atom. The van der Waals surface area contributed by atoms with Crippen molar-refractivity contribution in [3.05, 3.63) is 180 Å². The van der Waals surface area contributed by atoms with E-state index in [0.717, 1.165) is 21.8 Å². The molecule has 0 aliphatic rings. The molecule has 10 rings (SSSR count). The standard InChI is InChI=1S/C79H99N23O10/c1-3-43(2)67(102-70(105)61(29-16-32-89-79(85)86)95-68(103)54(80)22-14-30-87-77(81)82)75(110)100-65(36-47-41-93-58-26-12-7-20-52(47)58)71(106)96-60(28-15-31-88-78(83)84)69(104)97-62(33-44-38-90-55-23-9-4-17-49(44)55)72(107)98-63(34-45-39-91-56-24-10-5-18-50(45)56)73(108)99-64(35-46-40-92-57-25-11-6-19-51(46)57)74(109)101-66(76(111)112)37-48-42-94-59-27-13-8-21-53(48)59/h4-13,17-21,23-27,38-43,54,60-67,90-94H,3,14-16,22,28-37,80H2,1-2H3,(H,95,103)(H,96,106)(H,97,104)(H,98,107)(H,99,108)(H,100,110)(H,101,109)(H,102,105)(H,111,112)(H4,81,82,87)(H4,83,84,88)(H4,85,86,89)/t43-,54-,60-,61-,62-,63-,64-,65-,66-,67-/m0/s1. The van der Waals surface area contributed by atoms with E-state index in [4.69, 9.17) is 39.2 Å². The van der Waals surface area contributed by atoms with Gasteiger partial charge in [0.25, 0.3) is 0 Å². The van der Waals surface area contributed by atoms with Gasteiger partial charge in [-0.05, 0) is 103 Å². The summed E-state index contributed by atoms with van der Waals surface area (Å²) in [6, 6.07) is 23.9. The summed E-state index contributed by atoms with van der Waals surface area (Å²) in [6.45, 7) is 3.98. The number of nitrogens with two attached hydrogens (primary N) is 4. The molecule has 0 saturated carbocycles. The quantitative estimate of drug-likeness (QED) is 0.0149. The fourth-order valence-electron chi connectivity index (χ4n) is 13.8. The first-order valence-electron chi connectivity index (χ1n) is 37.3. The van der Waals surface area contributed by atoms with Gasteiger partial charge in [0.15, 0.2) is 17.9 Å². The average molecular weight is 1530 g/mol. The van der Waals surface area contributed by atoms with Gasteiger partial charge in [-0.1, -0.05) is 111 Å². The number of carbonyl (C=O) groups is 9. The maximum atomic E-state index is 15.8. The predicted octanol–water partition coefficient (Wildman–Crippen LogP) is 2.73. The molecular formula is C79H99N23O10. The van der Waals surface area contributed by atoms with Crippen LogP contribution in [0.3, 0.4) is 0 Å². The van der Waals surface area contributed by atoms with Crippen LogP contribution in [-0.2, 0) is 75.3 Å². The molecule has 0 spiro atoms. The van der Waals surface area contributed by atoms with Gasteiger partial charge in [-0.25, -0.2) is 4.79 Å². The lowest BCUT2D eigenvalue weighted by atomic mass is 9.96. The number of amides is 8. The smallest absolute Gasteiger partial charge is 0.326 e. The van der Waals surface area contributed by atoms with Crippen LogP contribution >= 0.6 is 0 Å². The van der Waals surface area contributed by atoms with E-state index < -0.39 is 114 Å². The SMILES string of the molecule is CC[C@H](C)[C@H](NC(=O)[C@H](CCCNC(=N)N)NC(=O)[C@@H](N)CCCNC(=N)N)C(=O)N[C@@H](Cc1c[nH]c2ccccc12)C(=O)N[C@@H](CCCNC(=N)N)C(=O)N[C@@H](Cc1c[nH]c2ccccc12)C(=O)N[C@@H](Cc1c[nH]c2ccccc12)C(=O)N[C@@H](Cc1c[nH]c2ccccc12)C(=O)N[C@@H](Cc1c[nH]c2ccccc12)C(=O)O. The third kappa shape index (κ3) is 21.8. The Hall–Kier alpha value is -13.2. The topological polar surface area (TPSA) is 561 Å². The molecule has 10 atom stereocenters. The molecule has 5 aromatic carbocycles. The van der Waals surface area contributed by atoms with Crippen molar-refractivity contribution in [1.82, 2.24) is 83.4 Å². The number of para-hydroxylation sites is 5. The lowest BCUT2D eigenvalue weighted by Crippen LogP contribution is -2.61. The normalized spacial score (nSPS) is 14.1. The Balaban J connectivity index is 0.959. The van der Waals surface area contributed by atoms with E-state index in [0.29, 0.717) is 73.4 Å². The number of rotatable bonds is 41. The summed E-state index contributed by atoms with van der Waals surface area (Å²) in [5, 5.41) is 68.1. The number of carbonyl (C=O) groups excluding carboxylic acids is 8. The Morgan fingerprint density at radius 2 is 0.607 bits per heavy atom. The molecule has 33 nitrogen and oxygen atoms in total. The number of benzene rings is 5. The van der Waals surface area contributed by atoms with Crippen LogP contribution in [0.5, 0.6) is 0 Å². The zero-order valence-corrected chi connectivity index (χ0v) is 62.2. The summed E-state index contributed by atoms with van der Waals surface area (Å²) >= 11 is 0. The van der Waals surface area contributed by atoms with E-state index in [1.54, 1.807) is 57.0 Å². The molecule has 112 heavy (non-hydrogen) atoms. The first-order valence-corrected chi connectivity index (χ1v) is 37.3. The highest BCUT2D eigenvalue weighted by molar-refractivity contribution is 6.00. The van der Waals surface area contributed by atoms with E-state index in [1.807, 2.05) is 109 Å². The molecular weight excluding hydrogens is 1430 g/mol. The molecule has 8 amide bonds. The number of hydrogen-bond acceptors (Lipinski definition) is 13. The van der Waals surface area contributed by atoms with Gasteiger partial charge < -0.3 is 111 Å². The molecule has 0 aliphatic carbocycles.